The van der Waals surface area contributed by atoms with E-state index < -0.39 is 17.6 Å². The van der Waals surface area contributed by atoms with E-state index in [0.717, 1.165) is 11.6 Å². The second-order valence-corrected chi connectivity index (χ2v) is 4.30. The van der Waals surface area contributed by atoms with Crippen molar-refractivity contribution in [2.45, 2.75) is 31.6 Å². The van der Waals surface area contributed by atoms with Crippen molar-refractivity contribution in [3.63, 3.8) is 0 Å². The molecule has 4 heteroatoms. The molecule has 0 unspecified atom stereocenters. The molecule has 1 saturated carbocycles. The number of halogens is 4. The molecule has 0 heterocycles. The topological polar surface area (TPSA) is 0 Å². The first-order chi connectivity index (χ1) is 7.98. The van der Waals surface area contributed by atoms with Gasteiger partial charge in [0.1, 0.15) is 0 Å². The minimum atomic E-state index is -2.61. The Bertz CT molecular complexity index is 437. The molecule has 1 aliphatic rings. The molecular formula is C13H12F4. The maximum Gasteiger partial charge on any atom is 0.248 e. The third kappa shape index (κ3) is 2.87. The number of benzene rings is 1. The molecule has 0 atom stereocenters. The summed E-state index contributed by atoms with van der Waals surface area (Å²) in [5.41, 5.74) is 0.880. The van der Waals surface area contributed by atoms with Gasteiger partial charge in [0.15, 0.2) is 11.6 Å². The van der Waals surface area contributed by atoms with Crippen LogP contribution in [0.3, 0.4) is 0 Å². The van der Waals surface area contributed by atoms with Gasteiger partial charge in [0.25, 0.3) is 0 Å². The van der Waals surface area contributed by atoms with Crippen LogP contribution in [-0.2, 0) is 0 Å². The Morgan fingerprint density at radius 1 is 1.06 bits per heavy atom. The van der Waals surface area contributed by atoms with Crippen molar-refractivity contribution in [1.29, 1.82) is 0 Å². The molecule has 2 rings (SSSR count). The summed E-state index contributed by atoms with van der Waals surface area (Å²) in [5.74, 6) is -4.45. The quantitative estimate of drug-likeness (QED) is 0.635. The van der Waals surface area contributed by atoms with Crippen LogP contribution in [0.2, 0.25) is 0 Å². The molecule has 0 radical (unpaired) electrons. The summed E-state index contributed by atoms with van der Waals surface area (Å²) >= 11 is 0. The SMILES string of the molecule is Fc1cccc(C=C2CCC(F)(F)CC2)c1F. The molecule has 0 aliphatic heterocycles. The maximum atomic E-state index is 13.3. The minimum Gasteiger partial charge on any atom is -0.207 e. The van der Waals surface area contributed by atoms with Crippen LogP contribution in [0.1, 0.15) is 31.2 Å². The fourth-order valence-corrected chi connectivity index (χ4v) is 1.93. The van der Waals surface area contributed by atoms with Crippen LogP contribution in [0.5, 0.6) is 0 Å². The van der Waals surface area contributed by atoms with Crippen molar-refractivity contribution < 1.29 is 17.6 Å². The Kier molecular flexibility index (Phi) is 3.22. The zero-order chi connectivity index (χ0) is 12.5. The summed E-state index contributed by atoms with van der Waals surface area (Å²) in [7, 11) is 0. The van der Waals surface area contributed by atoms with Gasteiger partial charge in [-0.1, -0.05) is 23.8 Å². The van der Waals surface area contributed by atoms with E-state index in [4.69, 9.17) is 0 Å². The molecule has 0 spiro atoms. The molecule has 1 fully saturated rings. The zero-order valence-corrected chi connectivity index (χ0v) is 9.15. The highest BCUT2D eigenvalue weighted by atomic mass is 19.3. The van der Waals surface area contributed by atoms with Gasteiger partial charge >= 0.3 is 0 Å². The van der Waals surface area contributed by atoms with Crippen molar-refractivity contribution in [2.24, 2.45) is 0 Å². The van der Waals surface area contributed by atoms with Crippen LogP contribution in [0.15, 0.2) is 23.8 Å². The molecule has 0 nitrogen and oxygen atoms in total. The number of rotatable bonds is 1. The van der Waals surface area contributed by atoms with Crippen molar-refractivity contribution >= 4 is 6.08 Å². The number of hydrogen-bond acceptors (Lipinski definition) is 0. The number of alkyl halides is 2. The zero-order valence-electron chi connectivity index (χ0n) is 9.15. The Balaban J connectivity index is 2.18. The lowest BCUT2D eigenvalue weighted by Crippen LogP contribution is -2.20. The monoisotopic (exact) mass is 244 g/mol. The van der Waals surface area contributed by atoms with Crippen LogP contribution in [-0.4, -0.2) is 5.92 Å². The average Bonchev–Trinajstić information content (AvgIpc) is 2.27. The van der Waals surface area contributed by atoms with Gasteiger partial charge in [-0.15, -0.1) is 0 Å². The van der Waals surface area contributed by atoms with E-state index in [1.807, 2.05) is 0 Å². The predicted octanol–water partition coefficient (Wildman–Crippen LogP) is 4.56. The van der Waals surface area contributed by atoms with Crippen molar-refractivity contribution in [3.8, 4) is 0 Å². The molecule has 0 saturated heterocycles. The Labute approximate surface area is 97.0 Å². The van der Waals surface area contributed by atoms with E-state index in [-0.39, 0.29) is 31.2 Å². The van der Waals surface area contributed by atoms with Crippen molar-refractivity contribution in [1.82, 2.24) is 0 Å². The van der Waals surface area contributed by atoms with E-state index in [2.05, 4.69) is 0 Å². The molecule has 0 bridgehead atoms. The summed E-state index contributed by atoms with van der Waals surface area (Å²) in [5, 5.41) is 0. The second kappa shape index (κ2) is 4.51. The molecule has 1 aromatic carbocycles. The van der Waals surface area contributed by atoms with Crippen molar-refractivity contribution in [3.05, 3.63) is 41.0 Å². The summed E-state index contributed by atoms with van der Waals surface area (Å²) in [4.78, 5) is 0. The molecule has 1 aliphatic carbocycles. The van der Waals surface area contributed by atoms with Crippen LogP contribution in [0.25, 0.3) is 6.08 Å². The van der Waals surface area contributed by atoms with E-state index in [1.54, 1.807) is 0 Å². The number of allylic oxidation sites excluding steroid dienone is 1. The lowest BCUT2D eigenvalue weighted by molar-refractivity contribution is -0.0243. The van der Waals surface area contributed by atoms with Gasteiger partial charge < -0.3 is 0 Å². The Hall–Kier alpha value is -1.32. The first kappa shape index (κ1) is 12.1. The highest BCUT2D eigenvalue weighted by molar-refractivity contribution is 5.53. The molecular weight excluding hydrogens is 232 g/mol. The molecule has 92 valence electrons. The lowest BCUT2D eigenvalue weighted by atomic mass is 9.90. The molecule has 1 aromatic rings. The maximum absolute atomic E-state index is 13.3. The summed E-state index contributed by atoms with van der Waals surface area (Å²) in [6.45, 7) is 0. The van der Waals surface area contributed by atoms with E-state index in [1.165, 1.54) is 18.2 Å². The molecule has 0 aromatic heterocycles. The largest absolute Gasteiger partial charge is 0.248 e. The van der Waals surface area contributed by atoms with Gasteiger partial charge in [-0.25, -0.2) is 17.6 Å². The summed E-state index contributed by atoms with van der Waals surface area (Å²) < 4.78 is 52.1. The Morgan fingerprint density at radius 3 is 2.35 bits per heavy atom. The van der Waals surface area contributed by atoms with Crippen LogP contribution >= 0.6 is 0 Å². The van der Waals surface area contributed by atoms with E-state index in [0.29, 0.717) is 0 Å². The second-order valence-electron chi connectivity index (χ2n) is 4.30. The fourth-order valence-electron chi connectivity index (χ4n) is 1.93. The number of hydrogen-bond donors (Lipinski definition) is 0. The van der Waals surface area contributed by atoms with Crippen LogP contribution in [0.4, 0.5) is 17.6 Å². The normalized spacial score (nSPS) is 19.2. The average molecular weight is 244 g/mol. The van der Waals surface area contributed by atoms with Gasteiger partial charge in [-0.05, 0) is 18.9 Å². The molecule has 17 heavy (non-hydrogen) atoms. The fraction of sp³-hybridized carbons (Fsp3) is 0.385. The molecule has 0 amide bonds. The van der Waals surface area contributed by atoms with E-state index in [9.17, 15) is 17.6 Å². The van der Waals surface area contributed by atoms with Gasteiger partial charge in [-0.2, -0.15) is 0 Å². The lowest BCUT2D eigenvalue weighted by Gasteiger charge is -2.23. The van der Waals surface area contributed by atoms with Crippen LogP contribution in [0, 0.1) is 11.6 Å². The minimum absolute atomic E-state index is 0.130. The van der Waals surface area contributed by atoms with Gasteiger partial charge in [-0.3, -0.25) is 0 Å². The smallest absolute Gasteiger partial charge is 0.207 e. The van der Waals surface area contributed by atoms with E-state index >= 15 is 0 Å². The summed E-state index contributed by atoms with van der Waals surface area (Å²) in [6, 6.07) is 3.88. The Morgan fingerprint density at radius 2 is 1.71 bits per heavy atom. The van der Waals surface area contributed by atoms with Gasteiger partial charge in [0, 0.05) is 18.4 Å². The predicted molar refractivity (Wildman–Crippen MR) is 57.8 cm³/mol. The first-order valence-electron chi connectivity index (χ1n) is 5.49. The highest BCUT2D eigenvalue weighted by Gasteiger charge is 2.32. The first-order valence-corrected chi connectivity index (χ1v) is 5.49. The van der Waals surface area contributed by atoms with Crippen LogP contribution < -0.4 is 0 Å². The van der Waals surface area contributed by atoms with Gasteiger partial charge in [0.05, 0.1) is 0 Å². The van der Waals surface area contributed by atoms with Gasteiger partial charge in [0.2, 0.25) is 5.92 Å². The third-order valence-electron chi connectivity index (χ3n) is 2.96. The highest BCUT2D eigenvalue weighted by Crippen LogP contribution is 2.36. The summed E-state index contributed by atoms with van der Waals surface area (Å²) in [6.07, 6.45) is 1.53. The standard InChI is InChI=1S/C13H12F4/c14-11-3-1-2-10(12(11)15)8-9-4-6-13(16,17)7-5-9/h1-3,8H,4-7H2. The third-order valence-corrected chi connectivity index (χ3v) is 2.96. The van der Waals surface area contributed by atoms with Crippen molar-refractivity contribution in [2.75, 3.05) is 0 Å². The molecule has 0 N–H and O–H groups in total.